The van der Waals surface area contributed by atoms with Crippen LogP contribution in [0.5, 0.6) is 0 Å². The molecule has 1 aliphatic heterocycles. The minimum atomic E-state index is -2.70. The molecule has 7 nitrogen and oxygen atoms in total. The lowest BCUT2D eigenvalue weighted by Crippen LogP contribution is -2.42. The average molecular weight is 428 g/mol. The standard InChI is InChI=1S/C20H18F2N6OS/c1-11-4-5-27(19(29)12-2-3-14-17(6-12)30-10-24-14)8-13(11)16-7-15(18(21)22)26-20-23-9-25-28(16)20/h2-3,6-7,9-11,13,18H,4-5,8H2,1H3/t11-,13-/m1/s1. The molecular formula is C20H18F2N6OS. The number of hydrogen-bond donors (Lipinski definition) is 0. The number of thiazole rings is 1. The highest BCUT2D eigenvalue weighted by Gasteiger charge is 2.33. The van der Waals surface area contributed by atoms with E-state index in [1.807, 2.05) is 12.1 Å². The molecular weight excluding hydrogens is 410 g/mol. The molecule has 0 spiro atoms. The highest BCUT2D eigenvalue weighted by Crippen LogP contribution is 2.34. The molecule has 1 amide bonds. The summed E-state index contributed by atoms with van der Waals surface area (Å²) in [5.74, 6) is 0.118. The van der Waals surface area contributed by atoms with Crippen molar-refractivity contribution >= 4 is 33.2 Å². The predicted octanol–water partition coefficient (Wildman–Crippen LogP) is 3.94. The van der Waals surface area contributed by atoms with Crippen molar-refractivity contribution in [2.45, 2.75) is 25.7 Å². The summed E-state index contributed by atoms with van der Waals surface area (Å²) in [5, 5.41) is 4.17. The third kappa shape index (κ3) is 3.20. The van der Waals surface area contributed by atoms with Crippen molar-refractivity contribution in [3.63, 3.8) is 0 Å². The molecule has 0 aliphatic carbocycles. The van der Waals surface area contributed by atoms with Gasteiger partial charge in [-0.05, 0) is 36.6 Å². The van der Waals surface area contributed by atoms with Crippen LogP contribution in [-0.4, -0.2) is 48.5 Å². The van der Waals surface area contributed by atoms with Crippen LogP contribution in [0.25, 0.3) is 16.0 Å². The second-order valence-corrected chi connectivity index (χ2v) is 8.42. The van der Waals surface area contributed by atoms with Crippen molar-refractivity contribution in [3.8, 4) is 0 Å². The fourth-order valence-electron chi connectivity index (χ4n) is 4.04. The lowest BCUT2D eigenvalue weighted by atomic mass is 9.84. The molecule has 3 aromatic heterocycles. The smallest absolute Gasteiger partial charge is 0.280 e. The number of benzene rings is 1. The van der Waals surface area contributed by atoms with Gasteiger partial charge in [0.05, 0.1) is 21.4 Å². The van der Waals surface area contributed by atoms with Crippen LogP contribution in [0.15, 0.2) is 36.1 Å². The largest absolute Gasteiger partial charge is 0.338 e. The lowest BCUT2D eigenvalue weighted by Gasteiger charge is -2.37. The Labute approximate surface area is 174 Å². The van der Waals surface area contributed by atoms with E-state index >= 15 is 0 Å². The molecule has 0 saturated carbocycles. The maximum Gasteiger partial charge on any atom is 0.280 e. The van der Waals surface area contributed by atoms with Crippen LogP contribution in [-0.2, 0) is 0 Å². The number of fused-ring (bicyclic) bond motifs is 2. The lowest BCUT2D eigenvalue weighted by molar-refractivity contribution is 0.0665. The summed E-state index contributed by atoms with van der Waals surface area (Å²) in [6.45, 7) is 3.11. The third-order valence-corrected chi connectivity index (χ3v) is 6.52. The fraction of sp³-hybridized carbons (Fsp3) is 0.350. The van der Waals surface area contributed by atoms with Gasteiger partial charge in [0.2, 0.25) is 0 Å². The van der Waals surface area contributed by atoms with E-state index in [2.05, 4.69) is 27.0 Å². The molecule has 2 atom stereocenters. The van der Waals surface area contributed by atoms with Gasteiger partial charge in [-0.25, -0.2) is 23.3 Å². The molecule has 4 aromatic rings. The number of nitrogens with zero attached hydrogens (tertiary/aromatic N) is 6. The van der Waals surface area contributed by atoms with Gasteiger partial charge in [0.15, 0.2) is 0 Å². The molecule has 0 radical (unpaired) electrons. The van der Waals surface area contributed by atoms with E-state index in [-0.39, 0.29) is 29.2 Å². The van der Waals surface area contributed by atoms with Crippen LogP contribution >= 0.6 is 11.3 Å². The average Bonchev–Trinajstić information content (AvgIpc) is 3.41. The van der Waals surface area contributed by atoms with Gasteiger partial charge < -0.3 is 4.90 Å². The highest BCUT2D eigenvalue weighted by atomic mass is 32.1. The highest BCUT2D eigenvalue weighted by molar-refractivity contribution is 7.16. The molecule has 1 fully saturated rings. The van der Waals surface area contributed by atoms with Gasteiger partial charge in [0, 0.05) is 24.6 Å². The van der Waals surface area contributed by atoms with Gasteiger partial charge in [-0.2, -0.15) is 10.1 Å². The zero-order valence-corrected chi connectivity index (χ0v) is 16.9. The molecule has 0 N–H and O–H groups in total. The van der Waals surface area contributed by atoms with Crippen molar-refractivity contribution in [2.24, 2.45) is 5.92 Å². The minimum Gasteiger partial charge on any atom is -0.338 e. The quantitative estimate of drug-likeness (QED) is 0.494. The Hall–Kier alpha value is -3.01. The van der Waals surface area contributed by atoms with E-state index in [9.17, 15) is 13.6 Å². The van der Waals surface area contributed by atoms with Crippen LogP contribution in [0.4, 0.5) is 8.78 Å². The molecule has 154 valence electrons. The van der Waals surface area contributed by atoms with E-state index in [1.165, 1.54) is 28.2 Å². The summed E-state index contributed by atoms with van der Waals surface area (Å²) < 4.78 is 29.2. The Bertz CT molecular complexity index is 1240. The Morgan fingerprint density at radius 1 is 1.27 bits per heavy atom. The second-order valence-electron chi connectivity index (χ2n) is 7.54. The molecule has 5 rings (SSSR count). The Morgan fingerprint density at radius 2 is 2.13 bits per heavy atom. The number of hydrogen-bond acceptors (Lipinski definition) is 6. The number of carbonyl (C=O) groups excluding carboxylic acids is 1. The number of rotatable bonds is 3. The van der Waals surface area contributed by atoms with Crippen LogP contribution in [0.1, 0.15) is 47.4 Å². The van der Waals surface area contributed by atoms with Crippen molar-refractivity contribution in [1.29, 1.82) is 0 Å². The van der Waals surface area contributed by atoms with E-state index in [1.54, 1.807) is 16.5 Å². The maximum absolute atomic E-state index is 13.4. The first-order chi connectivity index (χ1) is 14.5. The Morgan fingerprint density at radius 3 is 2.97 bits per heavy atom. The zero-order valence-electron chi connectivity index (χ0n) is 16.1. The van der Waals surface area contributed by atoms with Gasteiger partial charge >= 0.3 is 0 Å². The molecule has 1 aromatic carbocycles. The van der Waals surface area contributed by atoms with Crippen molar-refractivity contribution in [3.05, 3.63) is 53.1 Å². The van der Waals surface area contributed by atoms with E-state index in [0.29, 0.717) is 24.3 Å². The van der Waals surface area contributed by atoms with Gasteiger partial charge in [-0.1, -0.05) is 6.92 Å². The van der Waals surface area contributed by atoms with Gasteiger partial charge in [0.25, 0.3) is 18.1 Å². The van der Waals surface area contributed by atoms with Crippen molar-refractivity contribution < 1.29 is 13.6 Å². The number of piperidine rings is 1. The summed E-state index contributed by atoms with van der Waals surface area (Å²) in [6, 6.07) is 6.89. The topological polar surface area (TPSA) is 76.3 Å². The number of likely N-dealkylation sites (tertiary alicyclic amines) is 1. The SMILES string of the molecule is C[C@@H]1CCN(C(=O)c2ccc3ncsc3c2)C[C@H]1c1cc(C(F)F)nc2ncnn12. The Kier molecular flexibility index (Phi) is 4.65. The predicted molar refractivity (Wildman–Crippen MR) is 108 cm³/mol. The maximum atomic E-state index is 13.4. The molecule has 1 saturated heterocycles. The number of carbonyl (C=O) groups is 1. The molecule has 1 aliphatic rings. The summed E-state index contributed by atoms with van der Waals surface area (Å²) in [7, 11) is 0. The van der Waals surface area contributed by atoms with Crippen LogP contribution in [0, 0.1) is 5.92 Å². The van der Waals surface area contributed by atoms with Gasteiger partial charge in [-0.3, -0.25) is 4.79 Å². The van der Waals surface area contributed by atoms with E-state index in [4.69, 9.17) is 0 Å². The number of halogens is 2. The molecule has 10 heteroatoms. The number of amides is 1. The first kappa shape index (κ1) is 19.0. The van der Waals surface area contributed by atoms with Crippen LogP contribution in [0.2, 0.25) is 0 Å². The number of aromatic nitrogens is 5. The fourth-order valence-corrected chi connectivity index (χ4v) is 4.76. The van der Waals surface area contributed by atoms with Crippen LogP contribution in [0.3, 0.4) is 0 Å². The molecule has 0 bridgehead atoms. The molecule has 0 unspecified atom stereocenters. The van der Waals surface area contributed by atoms with Crippen molar-refractivity contribution in [1.82, 2.24) is 29.5 Å². The first-order valence-electron chi connectivity index (χ1n) is 9.62. The molecule has 30 heavy (non-hydrogen) atoms. The first-order valence-corrected chi connectivity index (χ1v) is 10.5. The molecule has 4 heterocycles. The minimum absolute atomic E-state index is 0.0693. The summed E-state index contributed by atoms with van der Waals surface area (Å²) in [6.07, 6.45) is -0.628. The summed E-state index contributed by atoms with van der Waals surface area (Å²) in [5.41, 5.74) is 3.51. The monoisotopic (exact) mass is 428 g/mol. The van der Waals surface area contributed by atoms with E-state index in [0.717, 1.165) is 16.6 Å². The Balaban J connectivity index is 1.48. The summed E-state index contributed by atoms with van der Waals surface area (Å²) in [4.78, 5) is 27.1. The third-order valence-electron chi connectivity index (χ3n) is 5.73. The van der Waals surface area contributed by atoms with Gasteiger partial charge in [0.1, 0.15) is 12.0 Å². The number of alkyl halides is 2. The summed E-state index contributed by atoms with van der Waals surface area (Å²) >= 11 is 1.49. The van der Waals surface area contributed by atoms with Crippen LogP contribution < -0.4 is 0 Å². The van der Waals surface area contributed by atoms with E-state index < -0.39 is 6.43 Å². The zero-order chi connectivity index (χ0) is 20.8. The second kappa shape index (κ2) is 7.35. The van der Waals surface area contributed by atoms with Crippen molar-refractivity contribution in [2.75, 3.05) is 13.1 Å². The van der Waals surface area contributed by atoms with Gasteiger partial charge in [-0.15, -0.1) is 11.3 Å². The normalized spacial score (nSPS) is 19.8.